The Morgan fingerprint density at radius 1 is 1.26 bits per heavy atom. The molecule has 0 unspecified atom stereocenters. The predicted octanol–water partition coefficient (Wildman–Crippen LogP) is -0.0619. The molecule has 0 amide bonds. The van der Waals surface area contributed by atoms with Crippen LogP contribution >= 0.6 is 0 Å². The maximum atomic E-state index is 11.4. The summed E-state index contributed by atoms with van der Waals surface area (Å²) in [6, 6.07) is 0. The molecule has 1 fully saturated rings. The molecule has 0 aromatic carbocycles. The van der Waals surface area contributed by atoms with Gasteiger partial charge in [0.1, 0.15) is 0 Å². The lowest BCUT2D eigenvalue weighted by atomic mass is 10.5. The van der Waals surface area contributed by atoms with Crippen LogP contribution in [0, 0.1) is 0 Å². The molecule has 1 N–H and O–H groups in total. The minimum Gasteiger partial charge on any atom is -0.354 e. The number of hydrogen-bond acceptors (Lipinski definition) is 7. The molecule has 106 valence electrons. The average Bonchev–Trinajstić information content (AvgIpc) is 2.39. The topological polar surface area (TPSA) is 74.2 Å². The molecule has 2 rings (SSSR count). The lowest BCUT2D eigenvalue weighted by molar-refractivity contribution is 0.671. The van der Waals surface area contributed by atoms with Crippen LogP contribution in [0.2, 0.25) is 0 Å². The Kier molecular flexibility index (Phi) is 4.52. The van der Waals surface area contributed by atoms with Gasteiger partial charge in [0.2, 0.25) is 17.8 Å². The van der Waals surface area contributed by atoms with Gasteiger partial charge in [-0.25, -0.2) is 0 Å². The third-order valence-corrected chi connectivity index (χ3v) is 4.08. The van der Waals surface area contributed by atoms with Crippen molar-refractivity contribution in [3.63, 3.8) is 0 Å². The van der Waals surface area contributed by atoms with E-state index in [1.165, 1.54) is 0 Å². The molecule has 0 radical (unpaired) electrons. The Labute approximate surface area is 115 Å². The Bertz CT molecular complexity index is 456. The summed E-state index contributed by atoms with van der Waals surface area (Å²) >= 11 is 0. The second-order valence-electron chi connectivity index (χ2n) is 4.52. The lowest BCUT2D eigenvalue weighted by Crippen LogP contribution is -2.39. The van der Waals surface area contributed by atoms with Crippen LogP contribution in [0.3, 0.4) is 0 Å². The molecular weight excluding hydrogens is 264 g/mol. The van der Waals surface area contributed by atoms with E-state index in [9.17, 15) is 4.21 Å². The molecule has 1 aliphatic rings. The van der Waals surface area contributed by atoms with E-state index < -0.39 is 10.8 Å². The van der Waals surface area contributed by atoms with Crippen molar-refractivity contribution in [1.29, 1.82) is 0 Å². The quantitative estimate of drug-likeness (QED) is 0.830. The standard InChI is InChI=1S/C11H20N6OS/c1-4-12-9-13-10(16(2)3)15-11(14-9)17-5-7-19(18)8-6-17/h4-8H2,1-3H3,(H,12,13,14,15). The first-order chi connectivity index (χ1) is 9.10. The van der Waals surface area contributed by atoms with Crippen LogP contribution in [-0.2, 0) is 10.8 Å². The van der Waals surface area contributed by atoms with Gasteiger partial charge in [-0.05, 0) is 6.92 Å². The fourth-order valence-electron chi connectivity index (χ4n) is 1.77. The summed E-state index contributed by atoms with van der Waals surface area (Å²) in [5.41, 5.74) is 0. The number of anilines is 3. The molecule has 7 nitrogen and oxygen atoms in total. The van der Waals surface area contributed by atoms with Gasteiger partial charge in [-0.1, -0.05) is 0 Å². The Morgan fingerprint density at radius 3 is 2.53 bits per heavy atom. The predicted molar refractivity (Wildman–Crippen MR) is 78.4 cm³/mol. The van der Waals surface area contributed by atoms with E-state index in [4.69, 9.17) is 0 Å². The molecule has 2 heterocycles. The van der Waals surface area contributed by atoms with Gasteiger partial charge >= 0.3 is 0 Å². The number of hydrogen-bond donors (Lipinski definition) is 1. The summed E-state index contributed by atoms with van der Waals surface area (Å²) in [6.45, 7) is 4.23. The largest absolute Gasteiger partial charge is 0.354 e. The van der Waals surface area contributed by atoms with Gasteiger partial charge in [-0.15, -0.1) is 0 Å². The zero-order valence-electron chi connectivity index (χ0n) is 11.6. The molecule has 0 bridgehead atoms. The van der Waals surface area contributed by atoms with Crippen molar-refractivity contribution in [2.75, 3.05) is 60.4 Å². The normalized spacial score (nSPS) is 16.5. The van der Waals surface area contributed by atoms with Gasteiger partial charge in [-0.3, -0.25) is 4.21 Å². The van der Waals surface area contributed by atoms with Gasteiger partial charge in [0.15, 0.2) is 0 Å². The van der Waals surface area contributed by atoms with Crippen LogP contribution < -0.4 is 15.1 Å². The van der Waals surface area contributed by atoms with Crippen LogP contribution in [0.4, 0.5) is 17.8 Å². The first kappa shape index (κ1) is 14.0. The molecule has 0 aliphatic carbocycles. The van der Waals surface area contributed by atoms with Crippen LogP contribution in [-0.4, -0.2) is 64.4 Å². The summed E-state index contributed by atoms with van der Waals surface area (Å²) in [5.74, 6) is 3.24. The monoisotopic (exact) mass is 284 g/mol. The lowest BCUT2D eigenvalue weighted by Gasteiger charge is -2.27. The highest BCUT2D eigenvalue weighted by molar-refractivity contribution is 7.85. The van der Waals surface area contributed by atoms with Gasteiger partial charge < -0.3 is 15.1 Å². The molecule has 1 aromatic rings. The van der Waals surface area contributed by atoms with E-state index in [0.29, 0.717) is 29.4 Å². The van der Waals surface area contributed by atoms with E-state index in [-0.39, 0.29) is 0 Å². The first-order valence-electron chi connectivity index (χ1n) is 6.37. The number of aromatic nitrogens is 3. The summed E-state index contributed by atoms with van der Waals surface area (Å²) in [6.07, 6.45) is 0. The molecule has 19 heavy (non-hydrogen) atoms. The summed E-state index contributed by atoms with van der Waals surface area (Å²) in [7, 11) is 3.11. The third kappa shape index (κ3) is 3.52. The van der Waals surface area contributed by atoms with Crippen molar-refractivity contribution in [2.45, 2.75) is 6.92 Å². The fourth-order valence-corrected chi connectivity index (χ4v) is 2.82. The third-order valence-electron chi connectivity index (χ3n) is 2.81. The minimum absolute atomic E-state index is 0.586. The number of nitrogens with zero attached hydrogens (tertiary/aromatic N) is 5. The zero-order chi connectivity index (χ0) is 13.8. The highest BCUT2D eigenvalue weighted by Gasteiger charge is 2.19. The molecule has 0 saturated carbocycles. The summed E-state index contributed by atoms with van der Waals surface area (Å²) < 4.78 is 11.4. The maximum absolute atomic E-state index is 11.4. The second-order valence-corrected chi connectivity index (χ2v) is 6.22. The molecule has 0 spiro atoms. The van der Waals surface area contributed by atoms with Crippen LogP contribution in [0.1, 0.15) is 6.92 Å². The van der Waals surface area contributed by atoms with Crippen molar-refractivity contribution in [3.8, 4) is 0 Å². The van der Waals surface area contributed by atoms with E-state index in [1.807, 2.05) is 25.9 Å². The molecule has 1 aliphatic heterocycles. The molecule has 1 saturated heterocycles. The van der Waals surface area contributed by atoms with E-state index in [2.05, 4.69) is 25.2 Å². The zero-order valence-corrected chi connectivity index (χ0v) is 12.4. The van der Waals surface area contributed by atoms with E-state index >= 15 is 0 Å². The van der Waals surface area contributed by atoms with Crippen LogP contribution in [0.5, 0.6) is 0 Å². The fraction of sp³-hybridized carbons (Fsp3) is 0.727. The van der Waals surface area contributed by atoms with Crippen molar-refractivity contribution in [1.82, 2.24) is 15.0 Å². The molecule has 8 heteroatoms. The average molecular weight is 284 g/mol. The Morgan fingerprint density at radius 2 is 1.95 bits per heavy atom. The van der Waals surface area contributed by atoms with Crippen molar-refractivity contribution in [2.24, 2.45) is 0 Å². The van der Waals surface area contributed by atoms with Crippen molar-refractivity contribution >= 4 is 28.6 Å². The van der Waals surface area contributed by atoms with Crippen LogP contribution in [0.15, 0.2) is 0 Å². The Hall–Kier alpha value is -1.44. The smallest absolute Gasteiger partial charge is 0.232 e. The minimum atomic E-state index is -0.696. The van der Waals surface area contributed by atoms with Crippen molar-refractivity contribution < 1.29 is 4.21 Å². The molecular formula is C11H20N6OS. The maximum Gasteiger partial charge on any atom is 0.232 e. The summed E-state index contributed by atoms with van der Waals surface area (Å²) in [4.78, 5) is 17.1. The Balaban J connectivity index is 2.25. The van der Waals surface area contributed by atoms with E-state index in [1.54, 1.807) is 0 Å². The number of rotatable bonds is 4. The highest BCUT2D eigenvalue weighted by atomic mass is 32.2. The van der Waals surface area contributed by atoms with Gasteiger partial charge in [-0.2, -0.15) is 15.0 Å². The first-order valence-corrected chi connectivity index (χ1v) is 7.86. The van der Waals surface area contributed by atoms with Gasteiger partial charge in [0, 0.05) is 56.0 Å². The summed E-state index contributed by atoms with van der Waals surface area (Å²) in [5, 5.41) is 3.12. The SMILES string of the molecule is CCNc1nc(N(C)C)nc(N2CCS(=O)CC2)n1. The van der Waals surface area contributed by atoms with Gasteiger partial charge in [0.05, 0.1) is 0 Å². The van der Waals surface area contributed by atoms with Crippen LogP contribution in [0.25, 0.3) is 0 Å². The molecule has 0 atom stereocenters. The highest BCUT2D eigenvalue weighted by Crippen LogP contribution is 2.16. The number of nitrogens with one attached hydrogen (secondary N) is 1. The van der Waals surface area contributed by atoms with Gasteiger partial charge in [0.25, 0.3) is 0 Å². The van der Waals surface area contributed by atoms with E-state index in [0.717, 1.165) is 19.6 Å². The molecule has 1 aromatic heterocycles. The second kappa shape index (κ2) is 6.14. The van der Waals surface area contributed by atoms with Crippen molar-refractivity contribution in [3.05, 3.63) is 0 Å².